The van der Waals surface area contributed by atoms with Crippen molar-refractivity contribution in [2.24, 2.45) is 0 Å². The lowest BCUT2D eigenvalue weighted by Gasteiger charge is -2.16. The molecule has 1 saturated heterocycles. The van der Waals surface area contributed by atoms with Crippen LogP contribution in [-0.4, -0.2) is 18.1 Å². The van der Waals surface area contributed by atoms with Crippen LogP contribution in [-0.2, 0) is 0 Å². The molecule has 0 unspecified atom stereocenters. The van der Waals surface area contributed by atoms with Crippen molar-refractivity contribution in [2.75, 3.05) is 18.0 Å². The number of hydrogen-bond donors (Lipinski definition) is 1. The average molecular weight is 220 g/mol. The highest BCUT2D eigenvalue weighted by Gasteiger charge is 2.13. The first-order valence-corrected chi connectivity index (χ1v) is 5.61. The topological polar surface area (TPSA) is 32.2 Å². The van der Waals surface area contributed by atoms with Crippen molar-refractivity contribution in [1.29, 1.82) is 0 Å². The lowest BCUT2D eigenvalue weighted by molar-refractivity contribution is 0.583. The number of nitrogens with zero attached hydrogens (tertiary/aromatic N) is 1. The second kappa shape index (κ2) is 3.38. The molecule has 1 aliphatic rings. The summed E-state index contributed by atoms with van der Waals surface area (Å²) in [5.41, 5.74) is 3.06. The van der Waals surface area contributed by atoms with E-state index in [-0.39, 0.29) is 0 Å². The van der Waals surface area contributed by atoms with Crippen LogP contribution < -0.4 is 4.90 Å². The number of hydrogen-bond acceptors (Lipinski definition) is 3. The fourth-order valence-electron chi connectivity index (χ4n) is 2.11. The molecule has 1 fully saturated rings. The number of fused-ring (bicyclic) bond motifs is 1. The molecular formula is C11H12N2OS. The first-order valence-electron chi connectivity index (χ1n) is 5.21. The first-order chi connectivity index (χ1) is 7.33. The number of aromatic nitrogens is 1. The van der Waals surface area contributed by atoms with Gasteiger partial charge in [0.05, 0.1) is 5.52 Å². The van der Waals surface area contributed by atoms with Crippen LogP contribution in [0, 0.1) is 4.84 Å². The normalized spacial score (nSPS) is 16.4. The molecule has 0 amide bonds. The molecule has 15 heavy (non-hydrogen) atoms. The summed E-state index contributed by atoms with van der Waals surface area (Å²) < 4.78 is 5.40. The van der Waals surface area contributed by atoms with Crippen molar-refractivity contribution >= 4 is 29.0 Å². The lowest BCUT2D eigenvalue weighted by atomic mass is 10.2. The monoisotopic (exact) mass is 220 g/mol. The van der Waals surface area contributed by atoms with E-state index in [1.165, 1.54) is 18.5 Å². The van der Waals surface area contributed by atoms with Gasteiger partial charge in [-0.3, -0.25) is 0 Å². The predicted molar refractivity (Wildman–Crippen MR) is 62.8 cm³/mol. The molecule has 0 saturated carbocycles. The molecule has 3 rings (SSSR count). The van der Waals surface area contributed by atoms with Gasteiger partial charge in [0.1, 0.15) is 0 Å². The van der Waals surface area contributed by atoms with Gasteiger partial charge in [-0.15, -0.1) is 0 Å². The zero-order valence-corrected chi connectivity index (χ0v) is 9.14. The molecule has 0 radical (unpaired) electrons. The Morgan fingerprint density at radius 2 is 2.07 bits per heavy atom. The van der Waals surface area contributed by atoms with Gasteiger partial charge >= 0.3 is 0 Å². The maximum Gasteiger partial charge on any atom is 0.266 e. The smallest absolute Gasteiger partial charge is 0.266 e. The van der Waals surface area contributed by atoms with Crippen LogP contribution in [0.4, 0.5) is 5.69 Å². The van der Waals surface area contributed by atoms with Gasteiger partial charge in [0.25, 0.3) is 4.84 Å². The zero-order valence-electron chi connectivity index (χ0n) is 8.32. The lowest BCUT2D eigenvalue weighted by Crippen LogP contribution is -2.17. The second-order valence-electron chi connectivity index (χ2n) is 3.89. The summed E-state index contributed by atoms with van der Waals surface area (Å²) in [6.07, 6.45) is 2.57. The van der Waals surface area contributed by atoms with Crippen molar-refractivity contribution in [3.05, 3.63) is 23.0 Å². The van der Waals surface area contributed by atoms with Crippen LogP contribution in [0.3, 0.4) is 0 Å². The minimum atomic E-state index is 0.448. The molecule has 1 N–H and O–H groups in total. The van der Waals surface area contributed by atoms with Gasteiger partial charge in [0.15, 0.2) is 5.58 Å². The van der Waals surface area contributed by atoms with Crippen molar-refractivity contribution in [3.8, 4) is 0 Å². The minimum Gasteiger partial charge on any atom is -0.429 e. The summed E-state index contributed by atoms with van der Waals surface area (Å²) in [4.78, 5) is 5.83. The highest BCUT2D eigenvalue weighted by molar-refractivity contribution is 7.71. The Morgan fingerprint density at radius 1 is 1.27 bits per heavy atom. The number of benzene rings is 1. The molecular weight excluding hydrogens is 208 g/mol. The van der Waals surface area contributed by atoms with Crippen molar-refractivity contribution in [2.45, 2.75) is 12.8 Å². The molecule has 2 heterocycles. The summed E-state index contributed by atoms with van der Waals surface area (Å²) >= 11 is 4.96. The van der Waals surface area contributed by atoms with Crippen molar-refractivity contribution in [1.82, 2.24) is 4.98 Å². The van der Waals surface area contributed by atoms with Gasteiger partial charge in [0, 0.05) is 24.8 Å². The van der Waals surface area contributed by atoms with E-state index < -0.39 is 0 Å². The largest absolute Gasteiger partial charge is 0.429 e. The van der Waals surface area contributed by atoms with Crippen LogP contribution in [0.15, 0.2) is 22.6 Å². The number of H-pyrrole nitrogens is 1. The van der Waals surface area contributed by atoms with Gasteiger partial charge in [-0.2, -0.15) is 0 Å². The number of aromatic amines is 1. The fraction of sp³-hybridized carbons (Fsp3) is 0.364. The van der Waals surface area contributed by atoms with E-state index in [4.69, 9.17) is 16.6 Å². The van der Waals surface area contributed by atoms with E-state index in [9.17, 15) is 0 Å². The molecule has 0 bridgehead atoms. The van der Waals surface area contributed by atoms with E-state index >= 15 is 0 Å². The SMILES string of the molecule is S=c1[nH]c2ccc(N3CCCC3)cc2o1. The number of nitrogens with one attached hydrogen (secondary N) is 1. The molecule has 0 atom stereocenters. The summed E-state index contributed by atoms with van der Waals surface area (Å²) in [5.74, 6) is 0. The second-order valence-corrected chi connectivity index (χ2v) is 4.26. The standard InChI is InChI=1S/C11H12N2OS/c15-11-12-9-4-3-8(7-10(9)14-11)13-5-1-2-6-13/h3-4,7H,1-2,5-6H2,(H,12,15). The third-order valence-corrected chi connectivity index (χ3v) is 3.06. The Bertz CT molecular complexity index is 537. The Morgan fingerprint density at radius 3 is 2.87 bits per heavy atom. The van der Waals surface area contributed by atoms with Gasteiger partial charge in [0.2, 0.25) is 0 Å². The van der Waals surface area contributed by atoms with Gasteiger partial charge < -0.3 is 14.3 Å². The van der Waals surface area contributed by atoms with Gasteiger partial charge in [-0.25, -0.2) is 0 Å². The van der Waals surface area contributed by atoms with E-state index in [0.29, 0.717) is 4.84 Å². The highest BCUT2D eigenvalue weighted by atomic mass is 32.1. The third-order valence-electron chi connectivity index (χ3n) is 2.88. The summed E-state index contributed by atoms with van der Waals surface area (Å²) in [5, 5.41) is 0. The zero-order chi connectivity index (χ0) is 10.3. The summed E-state index contributed by atoms with van der Waals surface area (Å²) in [6, 6.07) is 6.21. The maximum absolute atomic E-state index is 5.40. The number of anilines is 1. The average Bonchev–Trinajstić information content (AvgIpc) is 2.82. The first kappa shape index (κ1) is 8.97. The highest BCUT2D eigenvalue weighted by Crippen LogP contribution is 2.24. The van der Waals surface area contributed by atoms with E-state index in [0.717, 1.165) is 24.2 Å². The Kier molecular flexibility index (Phi) is 2.02. The Labute approximate surface area is 92.7 Å². The molecule has 3 nitrogen and oxygen atoms in total. The van der Waals surface area contributed by atoms with Crippen molar-refractivity contribution < 1.29 is 4.42 Å². The van der Waals surface area contributed by atoms with Crippen LogP contribution in [0.1, 0.15) is 12.8 Å². The number of rotatable bonds is 1. The van der Waals surface area contributed by atoms with E-state index in [1.54, 1.807) is 0 Å². The molecule has 0 spiro atoms. The Balaban J connectivity index is 2.08. The minimum absolute atomic E-state index is 0.448. The van der Waals surface area contributed by atoms with E-state index in [2.05, 4.69) is 22.0 Å². The van der Waals surface area contributed by atoms with Crippen LogP contribution >= 0.6 is 12.2 Å². The fourth-order valence-corrected chi connectivity index (χ4v) is 2.31. The molecule has 1 aromatic heterocycles. The third kappa shape index (κ3) is 1.55. The molecule has 78 valence electrons. The van der Waals surface area contributed by atoms with Crippen LogP contribution in [0.2, 0.25) is 0 Å². The van der Waals surface area contributed by atoms with Crippen LogP contribution in [0.5, 0.6) is 0 Å². The molecule has 1 aromatic carbocycles. The van der Waals surface area contributed by atoms with Crippen LogP contribution in [0.25, 0.3) is 11.1 Å². The maximum atomic E-state index is 5.40. The summed E-state index contributed by atoms with van der Waals surface area (Å²) in [7, 11) is 0. The molecule has 0 aliphatic carbocycles. The summed E-state index contributed by atoms with van der Waals surface area (Å²) in [6.45, 7) is 2.30. The molecule has 4 heteroatoms. The quantitative estimate of drug-likeness (QED) is 0.749. The van der Waals surface area contributed by atoms with Gasteiger partial charge in [-0.1, -0.05) is 0 Å². The van der Waals surface area contributed by atoms with E-state index in [1.807, 2.05) is 6.07 Å². The Hall–Kier alpha value is -1.29. The van der Waals surface area contributed by atoms with Gasteiger partial charge in [-0.05, 0) is 37.2 Å². The number of oxazole rings is 1. The predicted octanol–water partition coefficient (Wildman–Crippen LogP) is 3.09. The molecule has 2 aromatic rings. The molecule has 1 aliphatic heterocycles. The van der Waals surface area contributed by atoms with Crippen molar-refractivity contribution in [3.63, 3.8) is 0 Å².